The van der Waals surface area contributed by atoms with Gasteiger partial charge in [0, 0.05) is 36.6 Å². The van der Waals surface area contributed by atoms with Crippen molar-refractivity contribution in [3.63, 3.8) is 0 Å². The molecule has 146 valence electrons. The van der Waals surface area contributed by atoms with Crippen LogP contribution in [0.15, 0.2) is 60.8 Å². The van der Waals surface area contributed by atoms with Gasteiger partial charge in [0.1, 0.15) is 5.69 Å². The summed E-state index contributed by atoms with van der Waals surface area (Å²) in [5.41, 5.74) is 5.29. The molecule has 4 heteroatoms. The standard InChI is InChI=1S/C25H25N3O/c1-2-3-15-27-16-13-21-20-12-11-19-10-7-14-26-22(19)23(20)28(24(21)25(27)29)17-18-8-5-4-6-9-18/h4-12,14H,2-3,13,15-17H2,1H3. The Balaban J connectivity index is 1.76. The van der Waals surface area contributed by atoms with Crippen molar-refractivity contribution in [3.05, 3.63) is 77.6 Å². The molecule has 0 unspecified atom stereocenters. The normalized spacial score (nSPS) is 14.0. The lowest BCUT2D eigenvalue weighted by molar-refractivity contribution is 0.0727. The lowest BCUT2D eigenvalue weighted by Gasteiger charge is -2.28. The van der Waals surface area contributed by atoms with Crippen LogP contribution >= 0.6 is 0 Å². The van der Waals surface area contributed by atoms with Crippen molar-refractivity contribution in [2.75, 3.05) is 13.1 Å². The predicted molar refractivity (Wildman–Crippen MR) is 117 cm³/mol. The molecule has 0 bridgehead atoms. The number of unbranched alkanes of at least 4 members (excludes halogenated alkanes) is 1. The zero-order valence-electron chi connectivity index (χ0n) is 16.8. The number of benzene rings is 2. The fourth-order valence-electron chi connectivity index (χ4n) is 4.53. The Morgan fingerprint density at radius 3 is 2.72 bits per heavy atom. The van der Waals surface area contributed by atoms with Crippen LogP contribution in [0.2, 0.25) is 0 Å². The molecule has 1 amide bonds. The fourth-order valence-corrected chi connectivity index (χ4v) is 4.53. The van der Waals surface area contributed by atoms with Gasteiger partial charge in [0.25, 0.3) is 5.91 Å². The van der Waals surface area contributed by atoms with E-state index in [2.05, 4.69) is 54.0 Å². The van der Waals surface area contributed by atoms with E-state index in [0.717, 1.165) is 54.5 Å². The molecule has 0 aliphatic carbocycles. The summed E-state index contributed by atoms with van der Waals surface area (Å²) in [6, 6.07) is 18.8. The second-order valence-electron chi connectivity index (χ2n) is 7.83. The summed E-state index contributed by atoms with van der Waals surface area (Å²) in [6.45, 7) is 4.48. The van der Waals surface area contributed by atoms with Crippen LogP contribution in [0.25, 0.3) is 21.8 Å². The zero-order valence-corrected chi connectivity index (χ0v) is 16.8. The molecule has 1 aliphatic rings. The average molecular weight is 383 g/mol. The first-order valence-electron chi connectivity index (χ1n) is 10.5. The molecule has 1 aliphatic heterocycles. The number of nitrogens with zero attached hydrogens (tertiary/aromatic N) is 3. The van der Waals surface area contributed by atoms with Gasteiger partial charge in [-0.25, -0.2) is 0 Å². The van der Waals surface area contributed by atoms with Crippen molar-refractivity contribution >= 4 is 27.7 Å². The first-order valence-corrected chi connectivity index (χ1v) is 10.5. The third-order valence-electron chi connectivity index (χ3n) is 5.99. The fraction of sp³-hybridized carbons (Fsp3) is 0.280. The van der Waals surface area contributed by atoms with Gasteiger partial charge in [-0.3, -0.25) is 9.78 Å². The maximum Gasteiger partial charge on any atom is 0.270 e. The third-order valence-corrected chi connectivity index (χ3v) is 5.99. The molecule has 3 heterocycles. The molecule has 0 saturated heterocycles. The Bertz CT molecular complexity index is 1190. The first kappa shape index (κ1) is 17.9. The number of rotatable bonds is 5. The predicted octanol–water partition coefficient (Wildman–Crippen LogP) is 5.04. The molecular formula is C25H25N3O. The molecule has 0 fully saturated rings. The maximum atomic E-state index is 13.5. The minimum Gasteiger partial charge on any atom is -0.337 e. The molecule has 0 spiro atoms. The Hall–Kier alpha value is -3.14. The molecule has 2 aromatic carbocycles. The van der Waals surface area contributed by atoms with Crippen LogP contribution in [0, 0.1) is 0 Å². The van der Waals surface area contributed by atoms with Crippen molar-refractivity contribution in [2.24, 2.45) is 0 Å². The van der Waals surface area contributed by atoms with E-state index in [-0.39, 0.29) is 5.91 Å². The van der Waals surface area contributed by atoms with Crippen LogP contribution in [-0.4, -0.2) is 33.4 Å². The van der Waals surface area contributed by atoms with E-state index in [1.54, 1.807) is 0 Å². The van der Waals surface area contributed by atoms with E-state index in [1.807, 2.05) is 23.2 Å². The maximum absolute atomic E-state index is 13.5. The Morgan fingerprint density at radius 2 is 1.90 bits per heavy atom. The van der Waals surface area contributed by atoms with E-state index in [0.29, 0.717) is 6.54 Å². The number of carbonyl (C=O) groups excluding carboxylic acids is 1. The zero-order chi connectivity index (χ0) is 19.8. The van der Waals surface area contributed by atoms with Gasteiger partial charge in [-0.15, -0.1) is 0 Å². The molecule has 4 aromatic rings. The monoisotopic (exact) mass is 383 g/mol. The topological polar surface area (TPSA) is 38.1 Å². The minimum absolute atomic E-state index is 0.163. The largest absolute Gasteiger partial charge is 0.337 e. The van der Waals surface area contributed by atoms with Crippen LogP contribution in [0.4, 0.5) is 0 Å². The highest BCUT2D eigenvalue weighted by atomic mass is 16.2. The van der Waals surface area contributed by atoms with E-state index >= 15 is 0 Å². The van der Waals surface area contributed by atoms with Crippen molar-refractivity contribution < 1.29 is 4.79 Å². The highest BCUT2D eigenvalue weighted by Gasteiger charge is 2.31. The van der Waals surface area contributed by atoms with Gasteiger partial charge in [-0.1, -0.05) is 61.9 Å². The summed E-state index contributed by atoms with van der Waals surface area (Å²) in [7, 11) is 0. The quantitative estimate of drug-likeness (QED) is 0.484. The summed E-state index contributed by atoms with van der Waals surface area (Å²) in [6.07, 6.45) is 4.89. The molecule has 0 N–H and O–H groups in total. The Morgan fingerprint density at radius 1 is 1.03 bits per heavy atom. The molecule has 0 atom stereocenters. The smallest absolute Gasteiger partial charge is 0.270 e. The van der Waals surface area contributed by atoms with Crippen LogP contribution < -0.4 is 0 Å². The van der Waals surface area contributed by atoms with Crippen molar-refractivity contribution in [1.29, 1.82) is 0 Å². The van der Waals surface area contributed by atoms with Crippen LogP contribution in [0.5, 0.6) is 0 Å². The van der Waals surface area contributed by atoms with Crippen LogP contribution in [0.1, 0.15) is 41.4 Å². The van der Waals surface area contributed by atoms with Gasteiger partial charge >= 0.3 is 0 Å². The number of fused-ring (bicyclic) bond motifs is 5. The van der Waals surface area contributed by atoms with Crippen molar-refractivity contribution in [1.82, 2.24) is 14.5 Å². The second kappa shape index (κ2) is 7.36. The number of pyridine rings is 1. The summed E-state index contributed by atoms with van der Waals surface area (Å²) < 4.78 is 2.22. The lowest BCUT2D eigenvalue weighted by Crippen LogP contribution is -2.39. The average Bonchev–Trinajstić information content (AvgIpc) is 3.08. The minimum atomic E-state index is 0.163. The number of carbonyl (C=O) groups is 1. The van der Waals surface area contributed by atoms with Crippen molar-refractivity contribution in [3.8, 4) is 0 Å². The van der Waals surface area contributed by atoms with Gasteiger partial charge in [0.15, 0.2) is 0 Å². The van der Waals surface area contributed by atoms with Gasteiger partial charge in [0.2, 0.25) is 0 Å². The van der Waals surface area contributed by atoms with Crippen molar-refractivity contribution in [2.45, 2.75) is 32.7 Å². The van der Waals surface area contributed by atoms with E-state index in [1.165, 1.54) is 16.5 Å². The summed E-state index contributed by atoms with van der Waals surface area (Å²) >= 11 is 0. The van der Waals surface area contributed by atoms with Gasteiger partial charge in [-0.2, -0.15) is 0 Å². The highest BCUT2D eigenvalue weighted by Crippen LogP contribution is 2.35. The SMILES string of the molecule is CCCCN1CCc2c(n(Cc3ccccc3)c3c2ccc2cccnc23)C1=O. The summed E-state index contributed by atoms with van der Waals surface area (Å²) in [5.74, 6) is 0.163. The van der Waals surface area contributed by atoms with E-state index in [9.17, 15) is 4.79 Å². The van der Waals surface area contributed by atoms with Gasteiger partial charge in [-0.05, 0) is 30.0 Å². The van der Waals surface area contributed by atoms with E-state index < -0.39 is 0 Å². The second-order valence-corrected chi connectivity index (χ2v) is 7.83. The van der Waals surface area contributed by atoms with E-state index in [4.69, 9.17) is 4.98 Å². The van der Waals surface area contributed by atoms with Crippen LogP contribution in [-0.2, 0) is 13.0 Å². The van der Waals surface area contributed by atoms with Gasteiger partial charge < -0.3 is 9.47 Å². The number of amides is 1. The number of hydrogen-bond acceptors (Lipinski definition) is 2. The summed E-state index contributed by atoms with van der Waals surface area (Å²) in [5, 5.41) is 2.28. The Labute approximate surface area is 170 Å². The molecule has 2 aromatic heterocycles. The highest BCUT2D eigenvalue weighted by molar-refractivity contribution is 6.10. The number of hydrogen-bond donors (Lipinski definition) is 0. The molecule has 0 radical (unpaired) electrons. The molecular weight excluding hydrogens is 358 g/mol. The summed E-state index contributed by atoms with van der Waals surface area (Å²) in [4.78, 5) is 20.3. The molecule has 5 rings (SSSR count). The molecule has 29 heavy (non-hydrogen) atoms. The number of aromatic nitrogens is 2. The Kier molecular flexibility index (Phi) is 4.55. The molecule has 4 nitrogen and oxygen atoms in total. The lowest BCUT2D eigenvalue weighted by atomic mass is 10.0. The van der Waals surface area contributed by atoms with Crippen LogP contribution in [0.3, 0.4) is 0 Å². The first-order chi connectivity index (χ1) is 14.3. The molecule has 0 saturated carbocycles. The third kappa shape index (κ3) is 3.00. The van der Waals surface area contributed by atoms with Gasteiger partial charge in [0.05, 0.1) is 11.0 Å².